The summed E-state index contributed by atoms with van der Waals surface area (Å²) in [6.45, 7) is 0. The number of halogens is 4. The molecule has 1 aliphatic carbocycles. The van der Waals surface area contributed by atoms with Crippen LogP contribution in [0.15, 0.2) is 18.2 Å². The zero-order chi connectivity index (χ0) is 14.0. The molecule has 0 saturated heterocycles. The fraction of sp³-hybridized carbons (Fsp3) is 0.462. The molecule has 0 radical (unpaired) electrons. The normalized spacial score (nSPS) is 19.2. The number of alkyl halides is 2. The average molecular weight is 292 g/mol. The molecule has 0 bridgehead atoms. The van der Waals surface area contributed by atoms with Crippen molar-refractivity contribution in [2.75, 3.05) is 0 Å². The molecule has 1 N–H and O–H groups in total. The molecule has 1 aromatic rings. The summed E-state index contributed by atoms with van der Waals surface area (Å²) in [5.74, 6) is -3.94. The summed E-state index contributed by atoms with van der Waals surface area (Å²) in [5.41, 5.74) is -0.162. The fourth-order valence-electron chi connectivity index (χ4n) is 2.12. The average Bonchev–Trinajstić information content (AvgIpc) is 2.35. The second-order valence-corrected chi connectivity index (χ2v) is 5.16. The van der Waals surface area contributed by atoms with Crippen LogP contribution in [0.3, 0.4) is 0 Å². The van der Waals surface area contributed by atoms with Crippen molar-refractivity contribution in [3.05, 3.63) is 34.6 Å². The molecular formula is C13H13ClF3NO. The lowest BCUT2D eigenvalue weighted by Gasteiger charge is -2.28. The first-order valence-electron chi connectivity index (χ1n) is 6.01. The summed E-state index contributed by atoms with van der Waals surface area (Å²) in [6, 6.07) is 3.33. The maximum atomic E-state index is 13.5. The quantitative estimate of drug-likeness (QED) is 0.882. The first-order valence-corrected chi connectivity index (χ1v) is 6.39. The van der Waals surface area contributed by atoms with Gasteiger partial charge in [0.15, 0.2) is 0 Å². The van der Waals surface area contributed by atoms with Crippen LogP contribution in [-0.2, 0) is 0 Å². The third-order valence-electron chi connectivity index (χ3n) is 3.23. The number of hydrogen-bond acceptors (Lipinski definition) is 1. The summed E-state index contributed by atoms with van der Waals surface area (Å²) in [5, 5.41) is 2.82. The zero-order valence-corrected chi connectivity index (χ0v) is 10.8. The van der Waals surface area contributed by atoms with Crippen molar-refractivity contribution in [1.82, 2.24) is 5.32 Å². The van der Waals surface area contributed by atoms with Crippen molar-refractivity contribution >= 4 is 17.5 Å². The molecule has 0 spiro atoms. The maximum absolute atomic E-state index is 13.5. The summed E-state index contributed by atoms with van der Waals surface area (Å²) < 4.78 is 39.4. The van der Waals surface area contributed by atoms with Gasteiger partial charge in [-0.25, -0.2) is 13.2 Å². The smallest absolute Gasteiger partial charge is 0.254 e. The highest BCUT2D eigenvalue weighted by Crippen LogP contribution is 2.33. The molecule has 2 nitrogen and oxygen atoms in total. The van der Waals surface area contributed by atoms with E-state index in [0.717, 1.165) is 6.07 Å². The Morgan fingerprint density at radius 3 is 2.58 bits per heavy atom. The van der Waals surface area contributed by atoms with Gasteiger partial charge in [0.25, 0.3) is 5.91 Å². The van der Waals surface area contributed by atoms with Crippen molar-refractivity contribution in [1.29, 1.82) is 0 Å². The molecule has 0 unspecified atom stereocenters. The van der Waals surface area contributed by atoms with E-state index in [1.165, 1.54) is 12.1 Å². The minimum Gasteiger partial charge on any atom is -0.349 e. The summed E-state index contributed by atoms with van der Waals surface area (Å²) in [7, 11) is 0. The third kappa shape index (κ3) is 3.62. The molecule has 2 rings (SSSR count). The second-order valence-electron chi connectivity index (χ2n) is 4.73. The summed E-state index contributed by atoms with van der Waals surface area (Å²) in [6.07, 6.45) is -0.117. The SMILES string of the molecule is O=C(NC1CCC(F)(F)CC1)c1cc(Cl)ccc1F. The molecule has 1 fully saturated rings. The number of carbonyl (C=O) groups excluding carboxylic acids is 1. The van der Waals surface area contributed by atoms with Crippen LogP contribution < -0.4 is 5.32 Å². The van der Waals surface area contributed by atoms with E-state index in [2.05, 4.69) is 5.32 Å². The predicted molar refractivity (Wildman–Crippen MR) is 66.1 cm³/mol. The molecule has 0 atom stereocenters. The number of hydrogen-bond donors (Lipinski definition) is 1. The van der Waals surface area contributed by atoms with Gasteiger partial charge in [-0.15, -0.1) is 0 Å². The molecule has 0 aromatic heterocycles. The molecule has 1 saturated carbocycles. The van der Waals surface area contributed by atoms with Gasteiger partial charge in [-0.2, -0.15) is 0 Å². The lowest BCUT2D eigenvalue weighted by molar-refractivity contribution is -0.0399. The summed E-state index contributed by atoms with van der Waals surface area (Å²) in [4.78, 5) is 11.9. The molecule has 1 aromatic carbocycles. The predicted octanol–water partition coefficient (Wildman–Crippen LogP) is 3.79. The van der Waals surface area contributed by atoms with Gasteiger partial charge in [-0.05, 0) is 31.0 Å². The molecule has 1 aliphatic rings. The Balaban J connectivity index is 2.00. The number of benzene rings is 1. The number of amides is 1. The van der Waals surface area contributed by atoms with Crippen molar-refractivity contribution in [2.24, 2.45) is 0 Å². The lowest BCUT2D eigenvalue weighted by Crippen LogP contribution is -2.40. The molecular weight excluding hydrogens is 279 g/mol. The monoisotopic (exact) mass is 291 g/mol. The van der Waals surface area contributed by atoms with Crippen molar-refractivity contribution < 1.29 is 18.0 Å². The minimum atomic E-state index is -2.65. The van der Waals surface area contributed by atoms with Crippen LogP contribution in [0.2, 0.25) is 5.02 Å². The van der Waals surface area contributed by atoms with Gasteiger partial charge in [0, 0.05) is 23.9 Å². The van der Waals surface area contributed by atoms with E-state index < -0.39 is 17.6 Å². The molecule has 0 aliphatic heterocycles. The highest BCUT2D eigenvalue weighted by molar-refractivity contribution is 6.31. The van der Waals surface area contributed by atoms with Crippen LogP contribution in [0, 0.1) is 5.82 Å². The molecule has 19 heavy (non-hydrogen) atoms. The van der Waals surface area contributed by atoms with E-state index in [1.54, 1.807) is 0 Å². The number of rotatable bonds is 2. The minimum absolute atomic E-state index is 0.162. The van der Waals surface area contributed by atoms with Gasteiger partial charge in [-0.3, -0.25) is 4.79 Å². The van der Waals surface area contributed by atoms with Crippen molar-refractivity contribution in [3.8, 4) is 0 Å². The Morgan fingerprint density at radius 2 is 1.95 bits per heavy atom. The third-order valence-corrected chi connectivity index (χ3v) is 3.46. The Hall–Kier alpha value is -1.23. The Kier molecular flexibility index (Phi) is 4.04. The van der Waals surface area contributed by atoms with E-state index in [9.17, 15) is 18.0 Å². The topological polar surface area (TPSA) is 29.1 Å². The van der Waals surface area contributed by atoms with Crippen LogP contribution in [0.5, 0.6) is 0 Å². The van der Waals surface area contributed by atoms with Crippen molar-refractivity contribution in [2.45, 2.75) is 37.6 Å². The van der Waals surface area contributed by atoms with E-state index >= 15 is 0 Å². The maximum Gasteiger partial charge on any atom is 0.254 e. The Labute approximate surface area is 113 Å². The fourth-order valence-corrected chi connectivity index (χ4v) is 2.29. The van der Waals surface area contributed by atoms with Gasteiger partial charge < -0.3 is 5.32 Å². The first-order chi connectivity index (χ1) is 8.87. The molecule has 104 valence electrons. The van der Waals surface area contributed by atoms with E-state index in [0.29, 0.717) is 0 Å². The standard InChI is InChI=1S/C13H13ClF3NO/c14-8-1-2-11(15)10(7-8)12(19)18-9-3-5-13(16,17)6-4-9/h1-2,7,9H,3-6H2,(H,18,19). The van der Waals surface area contributed by atoms with E-state index in [-0.39, 0.29) is 42.3 Å². The van der Waals surface area contributed by atoms with Crippen molar-refractivity contribution in [3.63, 3.8) is 0 Å². The van der Waals surface area contributed by atoms with Gasteiger partial charge in [-0.1, -0.05) is 11.6 Å². The molecule has 1 amide bonds. The zero-order valence-electron chi connectivity index (χ0n) is 10.1. The molecule has 0 heterocycles. The number of nitrogens with one attached hydrogen (secondary N) is 1. The summed E-state index contributed by atoms with van der Waals surface area (Å²) >= 11 is 5.70. The van der Waals surface area contributed by atoms with Gasteiger partial charge in [0.2, 0.25) is 5.92 Å². The van der Waals surface area contributed by atoms with Crippen LogP contribution in [0.1, 0.15) is 36.0 Å². The lowest BCUT2D eigenvalue weighted by atomic mass is 9.92. The largest absolute Gasteiger partial charge is 0.349 e. The van der Waals surface area contributed by atoms with Crippen LogP contribution in [0.4, 0.5) is 13.2 Å². The Bertz CT molecular complexity index is 483. The van der Waals surface area contributed by atoms with Crippen LogP contribution in [-0.4, -0.2) is 17.9 Å². The van der Waals surface area contributed by atoms with Gasteiger partial charge >= 0.3 is 0 Å². The van der Waals surface area contributed by atoms with Crippen LogP contribution >= 0.6 is 11.6 Å². The number of carbonyl (C=O) groups is 1. The highest BCUT2D eigenvalue weighted by Gasteiger charge is 2.35. The van der Waals surface area contributed by atoms with E-state index in [4.69, 9.17) is 11.6 Å². The van der Waals surface area contributed by atoms with Gasteiger partial charge in [0.05, 0.1) is 5.56 Å². The molecule has 6 heteroatoms. The van der Waals surface area contributed by atoms with E-state index in [1.807, 2.05) is 0 Å². The first kappa shape index (κ1) is 14.2. The second kappa shape index (κ2) is 5.41. The van der Waals surface area contributed by atoms with Gasteiger partial charge in [0.1, 0.15) is 5.82 Å². The Morgan fingerprint density at radius 1 is 1.32 bits per heavy atom. The van der Waals surface area contributed by atoms with Crippen LogP contribution in [0.25, 0.3) is 0 Å². The highest BCUT2D eigenvalue weighted by atomic mass is 35.5.